The van der Waals surface area contributed by atoms with Crippen LogP contribution in [0.15, 0.2) is 103 Å². The zero-order valence-corrected chi connectivity index (χ0v) is 62.4. The highest BCUT2D eigenvalue weighted by Crippen LogP contribution is 2.50. The highest BCUT2D eigenvalue weighted by atomic mass is 35.5. The number of ether oxygens (including phenoxy) is 7. The molecule has 13 rings (SSSR count). The van der Waals surface area contributed by atoms with E-state index >= 15 is 19.2 Å². The van der Waals surface area contributed by atoms with Gasteiger partial charge in [0.25, 0.3) is 5.69 Å². The number of rotatable bonds is 16. The number of aliphatic hydroxyl groups is 6. The van der Waals surface area contributed by atoms with Crippen LogP contribution in [-0.2, 0) is 63.9 Å². The number of aliphatic carboxylic acids is 1. The van der Waals surface area contributed by atoms with Crippen molar-refractivity contribution in [3.05, 3.63) is 157 Å². The van der Waals surface area contributed by atoms with Crippen molar-refractivity contribution in [3.63, 3.8) is 0 Å². The Balaban J connectivity index is 1.11. The van der Waals surface area contributed by atoms with E-state index in [4.69, 9.17) is 67.8 Å². The van der Waals surface area contributed by atoms with Gasteiger partial charge in [0.15, 0.2) is 29.9 Å². The number of aromatic hydroxyl groups is 3. The summed E-state index contributed by atoms with van der Waals surface area (Å²) in [5.41, 5.74) is 7.73. The number of halogens is 2. The number of likely N-dealkylation sites (N-methyl/N-ethyl adjacent to an activating group) is 1. The number of carboxylic acids is 1. The third kappa shape index (κ3) is 18.0. The highest BCUT2D eigenvalue weighted by Gasteiger charge is 2.52. The van der Waals surface area contributed by atoms with Crippen LogP contribution in [0.5, 0.6) is 46.0 Å². The summed E-state index contributed by atoms with van der Waals surface area (Å²) in [5, 5.41) is 140. The summed E-state index contributed by atoms with van der Waals surface area (Å²) in [5.74, 6) is -17.5. The van der Waals surface area contributed by atoms with Crippen molar-refractivity contribution in [2.75, 3.05) is 13.7 Å². The van der Waals surface area contributed by atoms with Gasteiger partial charge in [0.2, 0.25) is 53.4 Å². The minimum Gasteiger partial charge on any atom is -0.508 e. The van der Waals surface area contributed by atoms with Crippen LogP contribution in [0.2, 0.25) is 10.0 Å². The molecular formula is C74H80Cl2N10O28. The number of aliphatic hydroxyl groups excluding tert-OH is 6. The number of carboxylic acid groups (broad SMARTS) is 1. The smallest absolute Gasteiger partial charge is 0.410 e. The molecule has 0 spiro atoms. The SMILES string of the molecule is CC(C)C[C@H](C(=O)N[C@H]1C(=O)N[C@@H](CC(N)=O)C(=O)N[C@H]2C(=O)N[C@H]3C(=O)N[C@H](C(=O)N[C@H](C(=O)O)c4cc(O)cc(O)c4-c4cc3ccc4O)[C@H](O)c3ccc(c(Cl)c3)Oc3cc2cc(c3O[C@@H]2O[C@H](CO)[C@@H](O)[C@H](O)[C@H]2O[C@H]2C[C@](C)(N)[C@H](O)[C@H](C)O2)Oc2ccc(cc2Cl)[C@H]1O)N(C)C(=O)OCc1ccc([N+](=O)[O-])cc1. The average Bonchev–Trinajstić information content (AvgIpc) is 0.762. The zero-order valence-electron chi connectivity index (χ0n) is 60.9. The number of phenolic OH excluding ortho intramolecular Hbond substituents is 3. The predicted octanol–water partition coefficient (Wildman–Crippen LogP) is 2.06. The second kappa shape index (κ2) is 34.2. The molecule has 20 N–H and O–H groups in total. The summed E-state index contributed by atoms with van der Waals surface area (Å²) in [6.45, 7) is 4.86. The van der Waals surface area contributed by atoms with Crippen molar-refractivity contribution in [2.24, 2.45) is 17.4 Å². The summed E-state index contributed by atoms with van der Waals surface area (Å²) in [7, 11) is 1.18. The molecule has 6 aromatic rings. The van der Waals surface area contributed by atoms with Gasteiger partial charge in [-0.2, -0.15) is 0 Å². The Morgan fingerprint density at radius 1 is 0.728 bits per heavy atom. The van der Waals surface area contributed by atoms with Gasteiger partial charge in [-0.05, 0) is 121 Å². The maximum Gasteiger partial charge on any atom is 0.410 e. The molecule has 7 aliphatic heterocycles. The summed E-state index contributed by atoms with van der Waals surface area (Å²) in [6.07, 6.45) is -20.8. The van der Waals surface area contributed by atoms with Crippen LogP contribution in [0, 0.1) is 16.0 Å². The van der Waals surface area contributed by atoms with E-state index in [1.807, 2.05) is 0 Å². The van der Waals surface area contributed by atoms with Crippen LogP contribution in [0.25, 0.3) is 11.1 Å². The van der Waals surface area contributed by atoms with Gasteiger partial charge in [-0.25, -0.2) is 9.59 Å². The molecule has 18 atom stereocenters. The number of nitro groups is 1. The molecule has 0 saturated carbocycles. The number of primary amides is 1. The molecule has 0 unspecified atom stereocenters. The first kappa shape index (κ1) is 83.7. The van der Waals surface area contributed by atoms with Gasteiger partial charge in [0, 0.05) is 53.9 Å². The molecule has 608 valence electrons. The predicted molar refractivity (Wildman–Crippen MR) is 391 cm³/mol. The Labute approximate surface area is 656 Å². The summed E-state index contributed by atoms with van der Waals surface area (Å²) in [6, 6.07) is 2.62. The third-order valence-corrected chi connectivity index (χ3v) is 20.3. The summed E-state index contributed by atoms with van der Waals surface area (Å²) >= 11 is 14.2. The number of benzene rings is 6. The number of nitro benzene ring substituents is 1. The normalized spacial score (nSPS) is 27.3. The number of non-ortho nitro benzene ring substituents is 1. The lowest BCUT2D eigenvalue weighted by atomic mass is 9.86. The van der Waals surface area contributed by atoms with E-state index in [9.17, 15) is 85.2 Å². The maximum atomic E-state index is 16.2. The molecule has 8 amide bonds. The maximum absolute atomic E-state index is 16.2. The van der Waals surface area contributed by atoms with Crippen LogP contribution in [-0.4, -0.2) is 207 Å². The molecule has 6 aromatic carbocycles. The molecule has 38 nitrogen and oxygen atoms in total. The number of carbonyl (C=O) groups excluding carboxylic acids is 8. The van der Waals surface area contributed by atoms with E-state index in [0.717, 1.165) is 83.8 Å². The molecule has 2 saturated heterocycles. The Kier molecular flexibility index (Phi) is 25.1. The lowest BCUT2D eigenvalue weighted by Crippen LogP contribution is -2.64. The third-order valence-electron chi connectivity index (χ3n) is 19.7. The molecule has 0 aromatic heterocycles. The van der Waals surface area contributed by atoms with Crippen molar-refractivity contribution < 1.29 is 132 Å². The lowest BCUT2D eigenvalue weighted by molar-refractivity contribution is -0.384. The monoisotopic (exact) mass is 1630 g/mol. The van der Waals surface area contributed by atoms with E-state index in [2.05, 4.69) is 31.9 Å². The second-order valence-electron chi connectivity index (χ2n) is 28.5. The van der Waals surface area contributed by atoms with Gasteiger partial charge in [0.1, 0.15) is 102 Å². The molecule has 2 fully saturated rings. The standard InChI is InChI=1S/C74H80Cl2N10O28/c1-28(2)16-42(85(5)73(105)108-27-30-6-11-35(12-7-30)86(106)107)66(98)83-56-58(92)32-9-14-45(39(75)18-32)110-47-20-34-21-48(62(47)114-72-63(61(95)60(94)49(26-87)112-72)113-51-25-74(4,78)64(96)29(3)109-51)111-46-15-10-33(19-40(46)76)59(93)57-70(102)82-55(71(103)104)38-22-36(88)23-44(90)52(38)37-17-31(8-13-43(37)89)53(67(99)84-57)81-68(100)54(34)80-65(97)41(24-50(77)91)79-69(56)101/h6-15,17-23,28-29,41-42,49,51,53-61,63-64,72,87-90,92-96H,16,24-27,78H2,1-5H3,(H2,77,91)(H,79,101)(H,80,97)(H,81,100)(H,82,102)(H,83,98)(H,84,99)(H,103,104)/t29-,41-,42+,49+,51-,53+,54+,55-,56+,57-,58+,59+,60+,61-,63+,64+,72-,74-/m0/s1. The number of hydrogen-bond acceptors (Lipinski definition) is 28. The molecule has 0 aliphatic carbocycles. The molecule has 40 heteroatoms. The Bertz CT molecular complexity index is 4770. The number of nitrogens with two attached hydrogens (primary N) is 2. The van der Waals surface area contributed by atoms with E-state index < -0.39 is 277 Å². The van der Waals surface area contributed by atoms with Crippen LogP contribution in [0.4, 0.5) is 10.5 Å². The van der Waals surface area contributed by atoms with Crippen LogP contribution < -0.4 is 57.6 Å². The molecule has 11 bridgehead atoms. The van der Waals surface area contributed by atoms with E-state index in [1.54, 1.807) is 13.8 Å². The number of fused-ring (bicyclic) bond motifs is 15. The number of phenols is 3. The van der Waals surface area contributed by atoms with Gasteiger partial charge in [0.05, 0.1) is 40.2 Å². The minimum atomic E-state index is -2.43. The van der Waals surface area contributed by atoms with Crippen LogP contribution in [0.3, 0.4) is 0 Å². The van der Waals surface area contributed by atoms with E-state index in [0.29, 0.717) is 5.56 Å². The average molecular weight is 1630 g/mol. The zero-order chi connectivity index (χ0) is 83.0. The van der Waals surface area contributed by atoms with E-state index in [1.165, 1.54) is 45.2 Å². The fraction of sp³-hybridized carbons (Fsp3) is 0.392. The fourth-order valence-electron chi connectivity index (χ4n) is 13.6. The van der Waals surface area contributed by atoms with E-state index in [-0.39, 0.29) is 29.7 Å². The van der Waals surface area contributed by atoms with Gasteiger partial charge in [-0.15, -0.1) is 0 Å². The van der Waals surface area contributed by atoms with Gasteiger partial charge >= 0.3 is 12.1 Å². The molecule has 114 heavy (non-hydrogen) atoms. The Hall–Kier alpha value is -11.3. The van der Waals surface area contributed by atoms with Crippen molar-refractivity contribution >= 4 is 82.3 Å². The van der Waals surface area contributed by atoms with Gasteiger partial charge in [-0.3, -0.25) is 48.6 Å². The Morgan fingerprint density at radius 3 is 1.92 bits per heavy atom. The minimum absolute atomic E-state index is 0.159. The first-order valence-corrected chi connectivity index (χ1v) is 36.0. The molecule has 7 heterocycles. The van der Waals surface area contributed by atoms with Crippen LogP contribution in [0.1, 0.15) is 111 Å². The van der Waals surface area contributed by atoms with Crippen molar-refractivity contribution in [3.8, 4) is 57.1 Å². The largest absolute Gasteiger partial charge is 0.508 e. The number of nitrogens with zero attached hydrogens (tertiary/aromatic N) is 2. The van der Waals surface area contributed by atoms with Gasteiger partial charge in [-0.1, -0.05) is 55.2 Å². The fourth-order valence-corrected chi connectivity index (χ4v) is 14.1. The topological polar surface area (TPSA) is 591 Å². The van der Waals surface area contributed by atoms with Crippen molar-refractivity contribution in [2.45, 2.75) is 163 Å². The number of nitrogens with one attached hydrogen (secondary N) is 6. The number of hydrogen-bond donors (Lipinski definition) is 18. The summed E-state index contributed by atoms with van der Waals surface area (Å²) < 4.78 is 43.9. The first-order chi connectivity index (χ1) is 53.8. The molecular weight excluding hydrogens is 1550 g/mol. The first-order valence-electron chi connectivity index (χ1n) is 35.2. The lowest BCUT2D eigenvalue weighted by Gasteiger charge is -2.47. The number of carbonyl (C=O) groups is 9. The molecule has 7 aliphatic rings. The van der Waals surface area contributed by atoms with Gasteiger partial charge < -0.3 is 128 Å². The number of amides is 8. The second-order valence-corrected chi connectivity index (χ2v) is 29.3. The van der Waals surface area contributed by atoms with Crippen molar-refractivity contribution in [1.29, 1.82) is 0 Å². The quantitative estimate of drug-likeness (QED) is 0.0487. The Morgan fingerprint density at radius 2 is 1.33 bits per heavy atom. The van der Waals surface area contributed by atoms with Crippen LogP contribution >= 0.6 is 23.2 Å². The van der Waals surface area contributed by atoms with Crippen molar-refractivity contribution in [1.82, 2.24) is 36.8 Å². The summed E-state index contributed by atoms with van der Waals surface area (Å²) in [4.78, 5) is 144. The highest BCUT2D eigenvalue weighted by molar-refractivity contribution is 6.32. The molecule has 0 radical (unpaired) electrons.